The molecule has 0 aromatic heterocycles. The Morgan fingerprint density at radius 1 is 1.05 bits per heavy atom. The zero-order valence-corrected chi connectivity index (χ0v) is 13.4. The summed E-state index contributed by atoms with van der Waals surface area (Å²) in [5.41, 5.74) is -0.720. The minimum atomic E-state index is -0.976. The van der Waals surface area contributed by atoms with Crippen LogP contribution in [0.5, 0.6) is 0 Å². The van der Waals surface area contributed by atoms with Crippen LogP contribution >= 0.6 is 0 Å². The van der Waals surface area contributed by atoms with Gasteiger partial charge >= 0.3 is 5.97 Å². The van der Waals surface area contributed by atoms with Crippen molar-refractivity contribution >= 4 is 11.9 Å². The van der Waals surface area contributed by atoms with Gasteiger partial charge in [-0.15, -0.1) is 0 Å². The van der Waals surface area contributed by atoms with Gasteiger partial charge in [0.05, 0.1) is 0 Å². The van der Waals surface area contributed by atoms with E-state index < -0.39 is 17.4 Å². The minimum Gasteiger partial charge on any atom is -0.480 e. The Morgan fingerprint density at radius 2 is 1.47 bits per heavy atom. The van der Waals surface area contributed by atoms with Crippen molar-refractivity contribution in [2.45, 2.75) is 53.1 Å². The number of amides is 1. The van der Waals surface area contributed by atoms with Crippen LogP contribution in [-0.2, 0) is 9.59 Å². The van der Waals surface area contributed by atoms with E-state index in [1.807, 2.05) is 32.7 Å². The van der Waals surface area contributed by atoms with Gasteiger partial charge in [-0.1, -0.05) is 20.8 Å². The van der Waals surface area contributed by atoms with Crippen LogP contribution < -0.4 is 0 Å². The first-order chi connectivity index (χ1) is 8.28. The van der Waals surface area contributed by atoms with Crippen LogP contribution in [0.2, 0.25) is 0 Å². The summed E-state index contributed by atoms with van der Waals surface area (Å²) in [7, 11) is 3.42. The summed E-state index contributed by atoms with van der Waals surface area (Å²) in [4.78, 5) is 26.9. The lowest BCUT2D eigenvalue weighted by Crippen LogP contribution is -2.54. The monoisotopic (exact) mass is 272 g/mol. The maximum Gasteiger partial charge on any atom is 0.327 e. The lowest BCUT2D eigenvalue weighted by Gasteiger charge is -2.37. The average Bonchev–Trinajstić information content (AvgIpc) is 2.20. The summed E-state index contributed by atoms with van der Waals surface area (Å²) < 4.78 is 0. The molecule has 0 saturated carbocycles. The standard InChI is InChI=1S/C14H28N2O3/c1-13(2,3)12(19)16(8)10(11(17)18)9-15(7)14(4,5)6/h10H,9H2,1-8H3,(H,17,18). The Balaban J connectivity index is 5.05. The van der Waals surface area contributed by atoms with Crippen LogP contribution in [0.15, 0.2) is 0 Å². The van der Waals surface area contributed by atoms with Gasteiger partial charge in [0.15, 0.2) is 0 Å². The molecule has 0 bridgehead atoms. The molecule has 0 heterocycles. The molecule has 1 amide bonds. The van der Waals surface area contributed by atoms with Crippen LogP contribution in [0.3, 0.4) is 0 Å². The molecule has 1 N–H and O–H groups in total. The topological polar surface area (TPSA) is 60.9 Å². The third kappa shape index (κ3) is 5.19. The van der Waals surface area contributed by atoms with Crippen LogP contribution in [0.25, 0.3) is 0 Å². The fourth-order valence-electron chi connectivity index (χ4n) is 1.57. The fourth-order valence-corrected chi connectivity index (χ4v) is 1.57. The van der Waals surface area contributed by atoms with E-state index in [0.29, 0.717) is 6.54 Å². The summed E-state index contributed by atoms with van der Waals surface area (Å²) in [6.45, 7) is 11.7. The second-order valence-electron chi connectivity index (χ2n) is 7.07. The molecular formula is C14H28N2O3. The minimum absolute atomic E-state index is 0.140. The number of hydrogen-bond donors (Lipinski definition) is 1. The van der Waals surface area contributed by atoms with Crippen molar-refractivity contribution in [1.29, 1.82) is 0 Å². The third-order valence-electron chi connectivity index (χ3n) is 3.31. The van der Waals surface area contributed by atoms with E-state index in [-0.39, 0.29) is 11.4 Å². The van der Waals surface area contributed by atoms with Gasteiger partial charge in [0.25, 0.3) is 0 Å². The second kappa shape index (κ2) is 5.90. The molecule has 0 fully saturated rings. The highest BCUT2D eigenvalue weighted by atomic mass is 16.4. The first-order valence-electron chi connectivity index (χ1n) is 6.49. The summed E-state index contributed by atoms with van der Waals surface area (Å²) in [6.07, 6.45) is 0. The molecule has 0 spiro atoms. The van der Waals surface area contributed by atoms with E-state index in [2.05, 4.69) is 0 Å². The van der Waals surface area contributed by atoms with Crippen molar-refractivity contribution in [2.75, 3.05) is 20.6 Å². The number of aliphatic carboxylic acids is 1. The largest absolute Gasteiger partial charge is 0.480 e. The van der Waals surface area contributed by atoms with Gasteiger partial charge in [-0.05, 0) is 27.8 Å². The predicted molar refractivity (Wildman–Crippen MR) is 76.0 cm³/mol. The first kappa shape index (κ1) is 17.9. The summed E-state index contributed by atoms with van der Waals surface area (Å²) in [6, 6.07) is -0.837. The zero-order chi connectivity index (χ0) is 15.6. The maximum absolute atomic E-state index is 12.2. The van der Waals surface area contributed by atoms with Crippen molar-refractivity contribution in [3.63, 3.8) is 0 Å². The Morgan fingerprint density at radius 3 is 1.74 bits per heavy atom. The van der Waals surface area contributed by atoms with Crippen molar-refractivity contribution in [1.82, 2.24) is 9.80 Å². The Labute approximate surface area is 116 Å². The summed E-state index contributed by atoms with van der Waals surface area (Å²) in [5, 5.41) is 9.35. The number of carboxylic acids is 1. The number of hydrogen-bond acceptors (Lipinski definition) is 3. The van der Waals surface area contributed by atoms with Crippen LogP contribution in [0, 0.1) is 5.41 Å². The van der Waals surface area contributed by atoms with Gasteiger partial charge in [0.2, 0.25) is 5.91 Å². The molecule has 0 aliphatic carbocycles. The summed E-state index contributed by atoms with van der Waals surface area (Å²) >= 11 is 0. The van der Waals surface area contributed by atoms with Crippen molar-refractivity contribution < 1.29 is 14.7 Å². The van der Waals surface area contributed by atoms with E-state index in [0.717, 1.165) is 0 Å². The Kier molecular flexibility index (Phi) is 5.56. The molecule has 1 atom stereocenters. The number of nitrogens with zero attached hydrogens (tertiary/aromatic N) is 2. The normalized spacial score (nSPS) is 14.4. The molecule has 5 nitrogen and oxygen atoms in total. The van der Waals surface area contributed by atoms with Crippen LogP contribution in [0.4, 0.5) is 0 Å². The highest BCUT2D eigenvalue weighted by Gasteiger charge is 2.35. The molecule has 0 aromatic carbocycles. The van der Waals surface area contributed by atoms with E-state index in [1.165, 1.54) is 4.90 Å². The van der Waals surface area contributed by atoms with Gasteiger partial charge < -0.3 is 10.0 Å². The third-order valence-corrected chi connectivity index (χ3v) is 3.31. The molecule has 19 heavy (non-hydrogen) atoms. The smallest absolute Gasteiger partial charge is 0.327 e. The highest BCUT2D eigenvalue weighted by Crippen LogP contribution is 2.19. The molecule has 0 rings (SSSR count). The quantitative estimate of drug-likeness (QED) is 0.845. The van der Waals surface area contributed by atoms with E-state index >= 15 is 0 Å². The second-order valence-corrected chi connectivity index (χ2v) is 7.07. The van der Waals surface area contributed by atoms with E-state index in [1.54, 1.807) is 27.8 Å². The highest BCUT2D eigenvalue weighted by molar-refractivity contribution is 5.86. The zero-order valence-electron chi connectivity index (χ0n) is 13.4. The number of carbonyl (C=O) groups is 2. The molecule has 0 saturated heterocycles. The lowest BCUT2D eigenvalue weighted by molar-refractivity contribution is -0.153. The molecule has 5 heteroatoms. The van der Waals surface area contributed by atoms with Crippen LogP contribution in [-0.4, -0.2) is 59.0 Å². The lowest BCUT2D eigenvalue weighted by atomic mass is 9.94. The Hall–Kier alpha value is -1.10. The van der Waals surface area contributed by atoms with Gasteiger partial charge in [0.1, 0.15) is 6.04 Å². The SMILES string of the molecule is CN(C(=O)C(C)(C)C)C(CN(C)C(C)(C)C)C(=O)O. The molecule has 0 aromatic rings. The molecule has 1 unspecified atom stereocenters. The van der Waals surface area contributed by atoms with Crippen molar-refractivity contribution in [3.05, 3.63) is 0 Å². The van der Waals surface area contributed by atoms with E-state index in [9.17, 15) is 14.7 Å². The van der Waals surface area contributed by atoms with Gasteiger partial charge in [0, 0.05) is 24.5 Å². The number of likely N-dealkylation sites (N-methyl/N-ethyl adjacent to an activating group) is 2. The molecule has 0 aliphatic heterocycles. The van der Waals surface area contributed by atoms with E-state index in [4.69, 9.17) is 0 Å². The number of carboxylic acid groups (broad SMARTS) is 1. The first-order valence-corrected chi connectivity index (χ1v) is 6.49. The molecule has 112 valence electrons. The van der Waals surface area contributed by atoms with Crippen molar-refractivity contribution in [3.8, 4) is 0 Å². The van der Waals surface area contributed by atoms with Gasteiger partial charge in [-0.3, -0.25) is 9.69 Å². The molecule has 0 aliphatic rings. The van der Waals surface area contributed by atoms with Crippen LogP contribution in [0.1, 0.15) is 41.5 Å². The Bertz CT molecular complexity index is 340. The molecule has 0 radical (unpaired) electrons. The van der Waals surface area contributed by atoms with Gasteiger partial charge in [-0.25, -0.2) is 4.79 Å². The number of carbonyl (C=O) groups excluding carboxylic acids is 1. The fraction of sp³-hybridized carbons (Fsp3) is 0.857. The predicted octanol–water partition coefficient (Wildman–Crippen LogP) is 1.67. The summed E-state index contributed by atoms with van der Waals surface area (Å²) in [5.74, 6) is -1.14. The average molecular weight is 272 g/mol. The van der Waals surface area contributed by atoms with Gasteiger partial charge in [-0.2, -0.15) is 0 Å². The number of rotatable bonds is 4. The maximum atomic E-state index is 12.2. The molecular weight excluding hydrogens is 244 g/mol. The van der Waals surface area contributed by atoms with Crippen molar-refractivity contribution in [2.24, 2.45) is 5.41 Å².